The van der Waals surface area contributed by atoms with Crippen LogP contribution in [0.25, 0.3) is 22.3 Å². The highest BCUT2D eigenvalue weighted by molar-refractivity contribution is 5.85. The van der Waals surface area contributed by atoms with Crippen molar-refractivity contribution in [3.8, 4) is 28.6 Å². The standard InChI is InChI=1S/C30H30N4O8/c1-6-41-25-11-18(4)22(14-21(25)17(2)3)29-32-23-10-8-7-9-20(23)30(37)33(29)31-15-19-12-24(34(38)39)28(26(13-19)40-5)42-16-27(35)36/h7-15,17H,6,16H2,1-5H3,(H,35,36). The molecule has 12 heteroatoms. The van der Waals surface area contributed by atoms with E-state index in [0.29, 0.717) is 23.1 Å². The molecule has 0 aliphatic rings. The molecule has 0 atom stereocenters. The smallest absolute Gasteiger partial charge is 0.341 e. The Bertz CT molecular complexity index is 1760. The number of fused-ring (bicyclic) bond motifs is 1. The molecule has 0 bridgehead atoms. The quantitative estimate of drug-likeness (QED) is 0.145. The van der Waals surface area contributed by atoms with Crippen LogP contribution in [0.1, 0.15) is 43.4 Å². The first kappa shape index (κ1) is 29.7. The topological polar surface area (TPSA) is 155 Å². The van der Waals surface area contributed by atoms with E-state index < -0.39 is 28.7 Å². The number of carboxylic acids is 1. The summed E-state index contributed by atoms with van der Waals surface area (Å²) in [5.41, 5.74) is 2.15. The first-order valence-corrected chi connectivity index (χ1v) is 13.1. The van der Waals surface area contributed by atoms with E-state index in [4.69, 9.17) is 24.3 Å². The van der Waals surface area contributed by atoms with E-state index in [1.165, 1.54) is 19.4 Å². The average molecular weight is 575 g/mol. The lowest BCUT2D eigenvalue weighted by molar-refractivity contribution is -0.385. The number of nitro groups is 1. The third-order valence-corrected chi connectivity index (χ3v) is 6.41. The Morgan fingerprint density at radius 3 is 2.55 bits per heavy atom. The van der Waals surface area contributed by atoms with Gasteiger partial charge in [0.15, 0.2) is 18.2 Å². The monoisotopic (exact) mass is 574 g/mol. The SMILES string of the molecule is CCOc1cc(C)c(-c2nc3ccccc3c(=O)n2N=Cc2cc(OC)c(OCC(=O)O)c([N+](=O)[O-])c2)cc1C(C)C. The number of aromatic nitrogens is 2. The molecule has 218 valence electrons. The van der Waals surface area contributed by atoms with E-state index >= 15 is 0 Å². The number of nitrogens with zero attached hydrogens (tertiary/aromatic N) is 4. The molecule has 0 unspecified atom stereocenters. The molecule has 0 aliphatic heterocycles. The van der Waals surface area contributed by atoms with Gasteiger partial charge in [-0.25, -0.2) is 9.78 Å². The van der Waals surface area contributed by atoms with Gasteiger partial charge in [0.25, 0.3) is 5.56 Å². The molecule has 42 heavy (non-hydrogen) atoms. The summed E-state index contributed by atoms with van der Waals surface area (Å²) >= 11 is 0. The Labute approximate surface area is 241 Å². The fourth-order valence-corrected chi connectivity index (χ4v) is 4.45. The first-order chi connectivity index (χ1) is 20.0. The van der Waals surface area contributed by atoms with Crippen molar-refractivity contribution in [3.63, 3.8) is 0 Å². The van der Waals surface area contributed by atoms with Crippen molar-refractivity contribution in [1.29, 1.82) is 0 Å². The number of methoxy groups -OCH3 is 1. The highest BCUT2D eigenvalue weighted by atomic mass is 16.6. The summed E-state index contributed by atoms with van der Waals surface area (Å²) in [6.45, 7) is 7.58. The van der Waals surface area contributed by atoms with Crippen LogP contribution in [0.5, 0.6) is 17.2 Å². The number of aryl methyl sites for hydroxylation is 1. The number of benzene rings is 3. The number of hydrogen-bond acceptors (Lipinski definition) is 9. The van der Waals surface area contributed by atoms with Gasteiger partial charge in [-0.1, -0.05) is 26.0 Å². The minimum absolute atomic E-state index is 0.0694. The third-order valence-electron chi connectivity index (χ3n) is 6.41. The summed E-state index contributed by atoms with van der Waals surface area (Å²) < 4.78 is 17.4. The molecular formula is C30H30N4O8. The van der Waals surface area contributed by atoms with Crippen molar-refractivity contribution in [3.05, 3.63) is 85.7 Å². The molecule has 0 aliphatic carbocycles. The average Bonchev–Trinajstić information content (AvgIpc) is 2.95. The Morgan fingerprint density at radius 2 is 1.90 bits per heavy atom. The second-order valence-corrected chi connectivity index (χ2v) is 9.62. The number of para-hydroxylation sites is 1. The van der Waals surface area contributed by atoms with Crippen LogP contribution in [0.3, 0.4) is 0 Å². The first-order valence-electron chi connectivity index (χ1n) is 13.1. The van der Waals surface area contributed by atoms with E-state index in [9.17, 15) is 19.7 Å². The van der Waals surface area contributed by atoms with Crippen LogP contribution in [-0.4, -0.2) is 52.2 Å². The van der Waals surface area contributed by atoms with Crippen LogP contribution in [0.4, 0.5) is 5.69 Å². The number of rotatable bonds is 11. The van der Waals surface area contributed by atoms with Crippen LogP contribution < -0.4 is 19.8 Å². The van der Waals surface area contributed by atoms with Crippen molar-refractivity contribution < 1.29 is 29.0 Å². The zero-order valence-electron chi connectivity index (χ0n) is 23.8. The van der Waals surface area contributed by atoms with E-state index in [1.807, 2.05) is 39.8 Å². The summed E-state index contributed by atoms with van der Waals surface area (Å²) in [7, 11) is 1.27. The van der Waals surface area contributed by atoms with Crippen molar-refractivity contribution >= 4 is 28.8 Å². The Hall–Kier alpha value is -5.26. The maximum absolute atomic E-state index is 13.7. The molecule has 4 aromatic rings. The normalized spacial score (nSPS) is 11.3. The Kier molecular flexibility index (Phi) is 8.84. The lowest BCUT2D eigenvalue weighted by Gasteiger charge is -2.18. The largest absolute Gasteiger partial charge is 0.494 e. The second kappa shape index (κ2) is 12.5. The van der Waals surface area contributed by atoms with E-state index in [1.54, 1.807) is 24.3 Å². The number of aliphatic carboxylic acids is 1. The number of carboxylic acid groups (broad SMARTS) is 1. The van der Waals surface area contributed by atoms with Gasteiger partial charge in [0.1, 0.15) is 5.75 Å². The molecule has 0 saturated carbocycles. The lowest BCUT2D eigenvalue weighted by atomic mass is 9.96. The molecule has 12 nitrogen and oxygen atoms in total. The predicted octanol–water partition coefficient (Wildman–Crippen LogP) is 5.16. The van der Waals surface area contributed by atoms with Crippen molar-refractivity contribution in [2.45, 2.75) is 33.6 Å². The zero-order valence-corrected chi connectivity index (χ0v) is 23.8. The van der Waals surface area contributed by atoms with Crippen molar-refractivity contribution in [1.82, 2.24) is 9.66 Å². The molecule has 0 spiro atoms. The molecule has 0 amide bonds. The highest BCUT2D eigenvalue weighted by Crippen LogP contribution is 2.38. The molecular weight excluding hydrogens is 544 g/mol. The van der Waals surface area contributed by atoms with E-state index in [0.717, 1.165) is 27.6 Å². The van der Waals surface area contributed by atoms with Crippen molar-refractivity contribution in [2.24, 2.45) is 5.10 Å². The lowest BCUT2D eigenvalue weighted by Crippen LogP contribution is -2.21. The minimum atomic E-state index is -1.31. The van der Waals surface area contributed by atoms with Gasteiger partial charge in [-0.2, -0.15) is 9.78 Å². The van der Waals surface area contributed by atoms with Gasteiger partial charge in [-0.15, -0.1) is 0 Å². The summed E-state index contributed by atoms with van der Waals surface area (Å²) in [6.07, 6.45) is 1.27. The van der Waals surface area contributed by atoms with Gasteiger partial charge in [-0.3, -0.25) is 14.9 Å². The molecule has 1 N–H and O–H groups in total. The van der Waals surface area contributed by atoms with Gasteiger partial charge in [-0.05, 0) is 61.2 Å². The maximum atomic E-state index is 13.7. The van der Waals surface area contributed by atoms with Crippen LogP contribution in [-0.2, 0) is 4.79 Å². The van der Waals surface area contributed by atoms with E-state index in [-0.39, 0.29) is 28.8 Å². The predicted molar refractivity (Wildman–Crippen MR) is 157 cm³/mol. The Morgan fingerprint density at radius 1 is 1.17 bits per heavy atom. The second-order valence-electron chi connectivity index (χ2n) is 9.62. The fourth-order valence-electron chi connectivity index (χ4n) is 4.45. The molecule has 3 aromatic carbocycles. The number of ether oxygens (including phenoxy) is 3. The van der Waals surface area contributed by atoms with Crippen LogP contribution in [0, 0.1) is 17.0 Å². The molecule has 1 aromatic heterocycles. The van der Waals surface area contributed by atoms with Gasteiger partial charge in [0.05, 0.1) is 35.8 Å². The third kappa shape index (κ3) is 6.07. The molecule has 0 radical (unpaired) electrons. The van der Waals surface area contributed by atoms with Crippen LogP contribution in [0.2, 0.25) is 0 Å². The highest BCUT2D eigenvalue weighted by Gasteiger charge is 2.23. The molecule has 0 fully saturated rings. The van der Waals surface area contributed by atoms with Crippen LogP contribution >= 0.6 is 0 Å². The summed E-state index contributed by atoms with van der Waals surface area (Å²) in [5, 5.41) is 25.5. The number of nitro benzene ring substituents is 1. The number of hydrogen-bond donors (Lipinski definition) is 1. The van der Waals surface area contributed by atoms with Crippen molar-refractivity contribution in [2.75, 3.05) is 20.3 Å². The van der Waals surface area contributed by atoms with Gasteiger partial charge < -0.3 is 19.3 Å². The minimum Gasteiger partial charge on any atom is -0.494 e. The zero-order chi connectivity index (χ0) is 30.6. The molecule has 0 saturated heterocycles. The molecule has 1 heterocycles. The summed E-state index contributed by atoms with van der Waals surface area (Å²) in [4.78, 5) is 40.6. The number of carbonyl (C=O) groups is 1. The molecule has 4 rings (SSSR count). The Balaban J connectivity index is 1.94. The van der Waals surface area contributed by atoms with Gasteiger partial charge in [0.2, 0.25) is 5.75 Å². The van der Waals surface area contributed by atoms with Crippen LogP contribution in [0.15, 0.2) is 58.4 Å². The fraction of sp³-hybridized carbons (Fsp3) is 0.267. The van der Waals surface area contributed by atoms with E-state index in [2.05, 4.69) is 5.10 Å². The maximum Gasteiger partial charge on any atom is 0.341 e. The summed E-state index contributed by atoms with van der Waals surface area (Å²) in [6, 6.07) is 13.3. The van der Waals surface area contributed by atoms with Gasteiger partial charge >= 0.3 is 11.7 Å². The van der Waals surface area contributed by atoms with Gasteiger partial charge in [0, 0.05) is 17.2 Å². The summed E-state index contributed by atoms with van der Waals surface area (Å²) in [5.74, 6) is -0.571.